The van der Waals surface area contributed by atoms with Crippen LogP contribution in [0.2, 0.25) is 0 Å². The molecule has 0 saturated heterocycles. The van der Waals surface area contributed by atoms with Gasteiger partial charge in [-0.05, 0) is 37.0 Å². The minimum atomic E-state index is 0.253. The van der Waals surface area contributed by atoms with E-state index in [1.165, 1.54) is 32.1 Å². The SMILES string of the molecule is Cc1cc(O)c(CC2CCCCC2)c(O)c1. The van der Waals surface area contributed by atoms with Crippen LogP contribution in [0.15, 0.2) is 12.1 Å². The van der Waals surface area contributed by atoms with E-state index < -0.39 is 0 Å². The number of rotatable bonds is 2. The van der Waals surface area contributed by atoms with Crippen molar-refractivity contribution in [3.05, 3.63) is 23.3 Å². The van der Waals surface area contributed by atoms with Gasteiger partial charge in [0.1, 0.15) is 11.5 Å². The highest BCUT2D eigenvalue weighted by atomic mass is 16.3. The normalized spacial score (nSPS) is 17.6. The summed E-state index contributed by atoms with van der Waals surface area (Å²) in [7, 11) is 0. The van der Waals surface area contributed by atoms with Crippen LogP contribution >= 0.6 is 0 Å². The minimum absolute atomic E-state index is 0.253. The molecule has 0 spiro atoms. The molecule has 0 bridgehead atoms. The summed E-state index contributed by atoms with van der Waals surface area (Å²) in [5.74, 6) is 1.14. The summed E-state index contributed by atoms with van der Waals surface area (Å²) in [6.45, 7) is 1.88. The van der Waals surface area contributed by atoms with Crippen LogP contribution in [0.4, 0.5) is 0 Å². The first-order chi connectivity index (χ1) is 7.66. The highest BCUT2D eigenvalue weighted by molar-refractivity contribution is 5.46. The zero-order valence-corrected chi connectivity index (χ0v) is 9.87. The fourth-order valence-corrected chi connectivity index (χ4v) is 2.67. The predicted molar refractivity (Wildman–Crippen MR) is 64.8 cm³/mol. The van der Waals surface area contributed by atoms with E-state index in [1.807, 2.05) is 6.92 Å². The van der Waals surface area contributed by atoms with Crippen molar-refractivity contribution >= 4 is 0 Å². The summed E-state index contributed by atoms with van der Waals surface area (Å²) in [4.78, 5) is 0. The van der Waals surface area contributed by atoms with Crippen LogP contribution in [0.5, 0.6) is 11.5 Å². The molecule has 0 aromatic heterocycles. The zero-order chi connectivity index (χ0) is 11.5. The Morgan fingerprint density at radius 1 is 1.06 bits per heavy atom. The number of benzene rings is 1. The number of phenolic OH excluding ortho intramolecular Hbond substituents is 2. The largest absolute Gasteiger partial charge is 0.508 e. The number of phenols is 2. The molecule has 0 unspecified atom stereocenters. The van der Waals surface area contributed by atoms with Gasteiger partial charge in [-0.15, -0.1) is 0 Å². The third-order valence-electron chi connectivity index (χ3n) is 3.56. The quantitative estimate of drug-likeness (QED) is 0.800. The average molecular weight is 220 g/mol. The molecule has 1 aliphatic rings. The minimum Gasteiger partial charge on any atom is -0.508 e. The zero-order valence-electron chi connectivity index (χ0n) is 9.87. The molecule has 2 rings (SSSR count). The van der Waals surface area contributed by atoms with E-state index in [-0.39, 0.29) is 11.5 Å². The average Bonchev–Trinajstić information content (AvgIpc) is 2.25. The molecule has 1 fully saturated rings. The summed E-state index contributed by atoms with van der Waals surface area (Å²) in [6, 6.07) is 3.47. The fourth-order valence-electron chi connectivity index (χ4n) is 2.67. The van der Waals surface area contributed by atoms with Crippen LogP contribution in [0, 0.1) is 12.8 Å². The third kappa shape index (κ3) is 2.49. The van der Waals surface area contributed by atoms with E-state index in [0.29, 0.717) is 5.92 Å². The Hall–Kier alpha value is -1.18. The molecule has 2 N–H and O–H groups in total. The first-order valence-corrected chi connectivity index (χ1v) is 6.18. The van der Waals surface area contributed by atoms with E-state index in [1.54, 1.807) is 12.1 Å². The third-order valence-corrected chi connectivity index (χ3v) is 3.56. The van der Waals surface area contributed by atoms with Crippen molar-refractivity contribution < 1.29 is 10.2 Å². The van der Waals surface area contributed by atoms with Crippen LogP contribution in [-0.2, 0) is 6.42 Å². The highest BCUT2D eigenvalue weighted by Gasteiger charge is 2.18. The van der Waals surface area contributed by atoms with Gasteiger partial charge < -0.3 is 10.2 Å². The molecule has 0 amide bonds. The van der Waals surface area contributed by atoms with Crippen LogP contribution in [0.25, 0.3) is 0 Å². The molecule has 0 aliphatic heterocycles. The molecule has 1 saturated carbocycles. The van der Waals surface area contributed by atoms with Crippen LogP contribution in [-0.4, -0.2) is 10.2 Å². The second-order valence-electron chi connectivity index (χ2n) is 4.99. The summed E-state index contributed by atoms with van der Waals surface area (Å²) < 4.78 is 0. The lowest BCUT2D eigenvalue weighted by Crippen LogP contribution is -2.09. The smallest absolute Gasteiger partial charge is 0.122 e. The van der Waals surface area contributed by atoms with Crippen molar-refractivity contribution in [2.75, 3.05) is 0 Å². The Morgan fingerprint density at radius 2 is 1.62 bits per heavy atom. The van der Waals surface area contributed by atoms with Gasteiger partial charge in [-0.2, -0.15) is 0 Å². The second-order valence-corrected chi connectivity index (χ2v) is 4.99. The molecule has 0 radical (unpaired) electrons. The maximum atomic E-state index is 9.84. The molecule has 88 valence electrons. The van der Waals surface area contributed by atoms with E-state index in [4.69, 9.17) is 0 Å². The van der Waals surface area contributed by atoms with Gasteiger partial charge in [0.2, 0.25) is 0 Å². The summed E-state index contributed by atoms with van der Waals surface area (Å²) in [6.07, 6.45) is 7.19. The molecule has 16 heavy (non-hydrogen) atoms. The Kier molecular flexibility index (Phi) is 3.37. The van der Waals surface area contributed by atoms with E-state index in [0.717, 1.165) is 17.5 Å². The van der Waals surface area contributed by atoms with E-state index >= 15 is 0 Å². The van der Waals surface area contributed by atoms with Gasteiger partial charge in [0.25, 0.3) is 0 Å². The Bertz CT molecular complexity index is 342. The van der Waals surface area contributed by atoms with Gasteiger partial charge in [-0.25, -0.2) is 0 Å². The Balaban J connectivity index is 2.14. The number of aryl methyl sites for hydroxylation is 1. The van der Waals surface area contributed by atoms with Crippen LogP contribution in [0.3, 0.4) is 0 Å². The number of hydrogen-bond acceptors (Lipinski definition) is 2. The van der Waals surface area contributed by atoms with Gasteiger partial charge in [0.15, 0.2) is 0 Å². The predicted octanol–water partition coefficient (Wildman–Crippen LogP) is 3.53. The van der Waals surface area contributed by atoms with E-state index in [2.05, 4.69) is 0 Å². The van der Waals surface area contributed by atoms with Crippen molar-refractivity contribution in [1.82, 2.24) is 0 Å². The maximum absolute atomic E-state index is 9.84. The summed E-state index contributed by atoms with van der Waals surface area (Å²) >= 11 is 0. The molecule has 2 heteroatoms. The maximum Gasteiger partial charge on any atom is 0.122 e. The summed E-state index contributed by atoms with van der Waals surface area (Å²) in [5.41, 5.74) is 1.64. The molecule has 1 aromatic carbocycles. The molecule has 1 aliphatic carbocycles. The molecular formula is C14H20O2. The van der Waals surface area contributed by atoms with Gasteiger partial charge >= 0.3 is 0 Å². The van der Waals surface area contributed by atoms with Crippen molar-refractivity contribution in [1.29, 1.82) is 0 Å². The lowest BCUT2D eigenvalue weighted by atomic mass is 9.84. The molecular weight excluding hydrogens is 200 g/mol. The highest BCUT2D eigenvalue weighted by Crippen LogP contribution is 2.34. The van der Waals surface area contributed by atoms with Crippen molar-refractivity contribution in [3.8, 4) is 11.5 Å². The Morgan fingerprint density at radius 3 is 2.19 bits per heavy atom. The van der Waals surface area contributed by atoms with Crippen LogP contribution in [0.1, 0.15) is 43.2 Å². The van der Waals surface area contributed by atoms with Gasteiger partial charge in [-0.1, -0.05) is 32.1 Å². The van der Waals surface area contributed by atoms with Crippen LogP contribution < -0.4 is 0 Å². The summed E-state index contributed by atoms with van der Waals surface area (Å²) in [5, 5.41) is 19.7. The van der Waals surface area contributed by atoms with Gasteiger partial charge in [-0.3, -0.25) is 0 Å². The van der Waals surface area contributed by atoms with E-state index in [9.17, 15) is 10.2 Å². The number of aromatic hydroxyl groups is 2. The first-order valence-electron chi connectivity index (χ1n) is 6.18. The standard InChI is InChI=1S/C14H20O2/c1-10-7-13(15)12(14(16)8-10)9-11-5-3-2-4-6-11/h7-8,11,15-16H,2-6,9H2,1H3. The molecule has 1 aromatic rings. The molecule has 0 atom stereocenters. The monoisotopic (exact) mass is 220 g/mol. The van der Waals surface area contributed by atoms with Crippen molar-refractivity contribution in [2.24, 2.45) is 5.92 Å². The topological polar surface area (TPSA) is 40.5 Å². The first kappa shape index (κ1) is 11.3. The lowest BCUT2D eigenvalue weighted by Gasteiger charge is -2.22. The van der Waals surface area contributed by atoms with Crippen molar-refractivity contribution in [2.45, 2.75) is 45.4 Å². The molecule has 2 nitrogen and oxygen atoms in total. The second kappa shape index (κ2) is 4.77. The van der Waals surface area contributed by atoms with Gasteiger partial charge in [0, 0.05) is 5.56 Å². The lowest BCUT2D eigenvalue weighted by molar-refractivity contribution is 0.345. The van der Waals surface area contributed by atoms with Gasteiger partial charge in [0.05, 0.1) is 0 Å². The number of hydrogen-bond donors (Lipinski definition) is 2. The fraction of sp³-hybridized carbons (Fsp3) is 0.571. The molecule has 0 heterocycles. The van der Waals surface area contributed by atoms with Crippen molar-refractivity contribution in [3.63, 3.8) is 0 Å². The Labute approximate surface area is 96.9 Å².